The summed E-state index contributed by atoms with van der Waals surface area (Å²) in [5, 5.41) is 13.9. The summed E-state index contributed by atoms with van der Waals surface area (Å²) in [4.78, 5) is 12.3. The second kappa shape index (κ2) is 6.39. The zero-order valence-electron chi connectivity index (χ0n) is 13.0. The van der Waals surface area contributed by atoms with Gasteiger partial charge in [0.25, 0.3) is 5.91 Å². The smallest absolute Gasteiger partial charge is 0.255 e. The van der Waals surface area contributed by atoms with Gasteiger partial charge in [-0.2, -0.15) is 0 Å². The molecule has 0 aliphatic heterocycles. The van der Waals surface area contributed by atoms with E-state index in [4.69, 9.17) is 0 Å². The van der Waals surface area contributed by atoms with Gasteiger partial charge in [-0.15, -0.1) is 5.10 Å². The number of hydrogen-bond acceptors (Lipinski definition) is 4. The second-order valence-electron chi connectivity index (χ2n) is 5.53. The molecule has 23 heavy (non-hydrogen) atoms. The fourth-order valence-electron chi connectivity index (χ4n) is 2.20. The summed E-state index contributed by atoms with van der Waals surface area (Å²) >= 11 is 0. The van der Waals surface area contributed by atoms with Crippen LogP contribution in [0.15, 0.2) is 54.9 Å². The van der Waals surface area contributed by atoms with E-state index in [1.165, 1.54) is 11.9 Å². The van der Waals surface area contributed by atoms with Crippen molar-refractivity contribution in [1.29, 1.82) is 0 Å². The molecule has 0 spiro atoms. The van der Waals surface area contributed by atoms with Gasteiger partial charge in [0, 0.05) is 11.3 Å². The average Bonchev–Trinajstić information content (AvgIpc) is 3.10. The Hall–Kier alpha value is -3.02. The summed E-state index contributed by atoms with van der Waals surface area (Å²) < 4.78 is 1.55. The van der Waals surface area contributed by atoms with Crippen molar-refractivity contribution in [3.05, 3.63) is 66.0 Å². The van der Waals surface area contributed by atoms with Gasteiger partial charge in [-0.05, 0) is 58.3 Å². The number of nitrogens with zero attached hydrogens (tertiary/aromatic N) is 4. The standard InChI is InChI=1S/C17H17N5O/c1-12(2)13-3-5-14(6-4-13)17(23)19-15-7-9-16(10-8-15)22-11-18-20-21-22/h3-12H,1-2H3,(H,19,23). The monoisotopic (exact) mass is 307 g/mol. The summed E-state index contributed by atoms with van der Waals surface area (Å²) in [6.07, 6.45) is 1.52. The normalized spacial score (nSPS) is 10.7. The number of carbonyl (C=O) groups excluding carboxylic acids is 1. The quantitative estimate of drug-likeness (QED) is 0.804. The number of tetrazole rings is 1. The Morgan fingerprint density at radius 3 is 2.30 bits per heavy atom. The van der Waals surface area contributed by atoms with Crippen molar-refractivity contribution in [2.75, 3.05) is 5.32 Å². The van der Waals surface area contributed by atoms with Gasteiger partial charge in [-0.25, -0.2) is 4.68 Å². The molecule has 3 aromatic rings. The third-order valence-corrected chi connectivity index (χ3v) is 3.58. The van der Waals surface area contributed by atoms with Crippen LogP contribution in [0, 0.1) is 0 Å². The Kier molecular flexibility index (Phi) is 4.14. The molecule has 3 rings (SSSR count). The van der Waals surface area contributed by atoms with Crippen LogP contribution in [-0.2, 0) is 0 Å². The first kappa shape index (κ1) is 14.9. The van der Waals surface area contributed by atoms with Gasteiger partial charge < -0.3 is 5.32 Å². The van der Waals surface area contributed by atoms with Gasteiger partial charge in [0.15, 0.2) is 0 Å². The number of rotatable bonds is 4. The Morgan fingerprint density at radius 2 is 1.74 bits per heavy atom. The van der Waals surface area contributed by atoms with Gasteiger partial charge in [0.2, 0.25) is 0 Å². The van der Waals surface area contributed by atoms with Crippen LogP contribution in [0.3, 0.4) is 0 Å². The van der Waals surface area contributed by atoms with Gasteiger partial charge >= 0.3 is 0 Å². The van der Waals surface area contributed by atoms with E-state index in [9.17, 15) is 4.79 Å². The van der Waals surface area contributed by atoms with E-state index < -0.39 is 0 Å². The molecule has 0 saturated carbocycles. The molecule has 0 aliphatic rings. The molecule has 116 valence electrons. The number of carbonyl (C=O) groups is 1. The summed E-state index contributed by atoms with van der Waals surface area (Å²) in [6, 6.07) is 15.0. The number of nitrogens with one attached hydrogen (secondary N) is 1. The van der Waals surface area contributed by atoms with E-state index in [0.29, 0.717) is 11.5 Å². The third kappa shape index (κ3) is 3.42. The van der Waals surface area contributed by atoms with Crippen LogP contribution in [-0.4, -0.2) is 26.1 Å². The van der Waals surface area contributed by atoms with Crippen LogP contribution in [0.25, 0.3) is 5.69 Å². The van der Waals surface area contributed by atoms with Crippen molar-refractivity contribution < 1.29 is 4.79 Å². The first-order valence-electron chi connectivity index (χ1n) is 7.38. The highest BCUT2D eigenvalue weighted by Crippen LogP contribution is 2.16. The molecule has 6 heteroatoms. The number of amides is 1. The molecule has 1 amide bonds. The SMILES string of the molecule is CC(C)c1ccc(C(=O)Nc2ccc(-n3cnnn3)cc2)cc1. The molecule has 6 nitrogen and oxygen atoms in total. The van der Waals surface area contributed by atoms with Crippen molar-refractivity contribution in [1.82, 2.24) is 20.2 Å². The highest BCUT2D eigenvalue weighted by Gasteiger charge is 2.07. The molecule has 1 N–H and O–H groups in total. The first-order valence-corrected chi connectivity index (χ1v) is 7.38. The van der Waals surface area contributed by atoms with Gasteiger partial charge in [0.1, 0.15) is 6.33 Å². The van der Waals surface area contributed by atoms with Crippen LogP contribution in [0.5, 0.6) is 0 Å². The largest absolute Gasteiger partial charge is 0.322 e. The lowest BCUT2D eigenvalue weighted by Gasteiger charge is -2.08. The van der Waals surface area contributed by atoms with Gasteiger partial charge in [0.05, 0.1) is 5.69 Å². The first-order chi connectivity index (χ1) is 11.1. The minimum absolute atomic E-state index is 0.129. The van der Waals surface area contributed by atoms with Crippen LogP contribution >= 0.6 is 0 Å². The maximum Gasteiger partial charge on any atom is 0.255 e. The minimum atomic E-state index is -0.129. The van der Waals surface area contributed by atoms with E-state index in [1.807, 2.05) is 48.5 Å². The van der Waals surface area contributed by atoms with E-state index in [1.54, 1.807) is 4.68 Å². The minimum Gasteiger partial charge on any atom is -0.322 e. The molecule has 0 fully saturated rings. The molecule has 2 aromatic carbocycles. The number of aromatic nitrogens is 4. The van der Waals surface area contributed by atoms with Crippen molar-refractivity contribution >= 4 is 11.6 Å². The van der Waals surface area contributed by atoms with Crippen LogP contribution in [0.4, 0.5) is 5.69 Å². The topological polar surface area (TPSA) is 72.7 Å². The molecule has 0 radical (unpaired) electrons. The molecule has 0 atom stereocenters. The predicted molar refractivity (Wildman–Crippen MR) is 87.6 cm³/mol. The number of benzene rings is 2. The van der Waals surface area contributed by atoms with Crippen molar-refractivity contribution in [3.63, 3.8) is 0 Å². The Bertz CT molecular complexity index is 777. The zero-order valence-corrected chi connectivity index (χ0v) is 13.0. The molecular formula is C17H17N5O. The molecule has 0 unspecified atom stereocenters. The lowest BCUT2D eigenvalue weighted by atomic mass is 10.0. The highest BCUT2D eigenvalue weighted by molar-refractivity contribution is 6.04. The summed E-state index contributed by atoms with van der Waals surface area (Å²) in [7, 11) is 0. The zero-order chi connectivity index (χ0) is 16.2. The predicted octanol–water partition coefficient (Wildman–Crippen LogP) is 3.04. The summed E-state index contributed by atoms with van der Waals surface area (Å²) in [6.45, 7) is 4.25. The summed E-state index contributed by atoms with van der Waals surface area (Å²) in [5.74, 6) is 0.321. The Balaban J connectivity index is 1.70. The highest BCUT2D eigenvalue weighted by atomic mass is 16.1. The lowest BCUT2D eigenvalue weighted by molar-refractivity contribution is 0.102. The number of anilines is 1. The fourth-order valence-corrected chi connectivity index (χ4v) is 2.20. The maximum atomic E-state index is 12.3. The van der Waals surface area contributed by atoms with E-state index in [2.05, 4.69) is 34.7 Å². The van der Waals surface area contributed by atoms with Crippen molar-refractivity contribution in [2.45, 2.75) is 19.8 Å². The van der Waals surface area contributed by atoms with Gasteiger partial charge in [-0.3, -0.25) is 4.79 Å². The Morgan fingerprint density at radius 1 is 1.04 bits per heavy atom. The van der Waals surface area contributed by atoms with Crippen LogP contribution in [0.1, 0.15) is 35.7 Å². The molecule has 0 bridgehead atoms. The molecule has 0 saturated heterocycles. The molecule has 1 heterocycles. The third-order valence-electron chi connectivity index (χ3n) is 3.58. The van der Waals surface area contributed by atoms with Crippen LogP contribution < -0.4 is 5.32 Å². The van der Waals surface area contributed by atoms with Crippen molar-refractivity contribution in [2.24, 2.45) is 0 Å². The second-order valence-corrected chi connectivity index (χ2v) is 5.53. The molecular weight excluding hydrogens is 290 g/mol. The molecule has 1 aromatic heterocycles. The van der Waals surface area contributed by atoms with Crippen LogP contribution in [0.2, 0.25) is 0 Å². The lowest BCUT2D eigenvalue weighted by Crippen LogP contribution is -2.12. The van der Waals surface area contributed by atoms with E-state index >= 15 is 0 Å². The van der Waals surface area contributed by atoms with E-state index in [0.717, 1.165) is 11.4 Å². The fraction of sp³-hybridized carbons (Fsp3) is 0.176. The summed E-state index contributed by atoms with van der Waals surface area (Å²) in [5.41, 5.74) is 3.40. The van der Waals surface area contributed by atoms with Gasteiger partial charge in [-0.1, -0.05) is 26.0 Å². The van der Waals surface area contributed by atoms with Crippen molar-refractivity contribution in [3.8, 4) is 5.69 Å². The maximum absolute atomic E-state index is 12.3. The van der Waals surface area contributed by atoms with E-state index in [-0.39, 0.29) is 5.91 Å². The molecule has 0 aliphatic carbocycles. The Labute approximate surface area is 134 Å². The average molecular weight is 307 g/mol. The number of hydrogen-bond donors (Lipinski definition) is 1.